The first-order chi connectivity index (χ1) is 9.94. The summed E-state index contributed by atoms with van der Waals surface area (Å²) in [6.07, 6.45) is 7.14. The topological polar surface area (TPSA) is 30.5 Å². The molecular formula is C18H33NO2. The lowest BCUT2D eigenvalue weighted by atomic mass is 9.70. The second-order valence-electron chi connectivity index (χ2n) is 8.24. The van der Waals surface area contributed by atoms with E-state index in [-0.39, 0.29) is 6.10 Å². The average Bonchev–Trinajstić information content (AvgIpc) is 2.76. The van der Waals surface area contributed by atoms with E-state index in [1.54, 1.807) is 0 Å². The number of nitrogens with one attached hydrogen (secondary N) is 1. The van der Waals surface area contributed by atoms with E-state index in [2.05, 4.69) is 33.0 Å². The summed E-state index contributed by atoms with van der Waals surface area (Å²) in [6.45, 7) is 10.4. The zero-order valence-corrected chi connectivity index (χ0v) is 14.4. The molecule has 3 heteroatoms. The SMILES string of the molecule is CCCOC1C(NC)CC1OC1CC2CCC1(C)C2(C)C. The van der Waals surface area contributed by atoms with Gasteiger partial charge in [-0.15, -0.1) is 0 Å². The van der Waals surface area contributed by atoms with Crippen molar-refractivity contribution >= 4 is 0 Å². The molecule has 0 amide bonds. The monoisotopic (exact) mass is 295 g/mol. The molecule has 122 valence electrons. The van der Waals surface area contributed by atoms with Gasteiger partial charge in [-0.25, -0.2) is 0 Å². The third kappa shape index (κ3) is 2.27. The van der Waals surface area contributed by atoms with E-state index in [4.69, 9.17) is 9.47 Å². The predicted octanol–water partition coefficient (Wildman–Crippen LogP) is 3.37. The molecule has 0 spiro atoms. The molecular weight excluding hydrogens is 262 g/mol. The van der Waals surface area contributed by atoms with Gasteiger partial charge in [-0.2, -0.15) is 0 Å². The minimum atomic E-state index is 0.251. The Kier molecular flexibility index (Phi) is 4.13. The van der Waals surface area contributed by atoms with Gasteiger partial charge >= 0.3 is 0 Å². The van der Waals surface area contributed by atoms with Gasteiger partial charge in [0.25, 0.3) is 0 Å². The van der Waals surface area contributed by atoms with Crippen molar-refractivity contribution in [3.8, 4) is 0 Å². The Hall–Kier alpha value is -0.120. The number of rotatable bonds is 6. The van der Waals surface area contributed by atoms with E-state index < -0.39 is 0 Å². The summed E-state index contributed by atoms with van der Waals surface area (Å²) in [4.78, 5) is 0. The number of fused-ring (bicyclic) bond motifs is 2. The number of likely N-dealkylation sites (N-methyl/N-ethyl adjacent to an activating group) is 1. The molecule has 3 fully saturated rings. The molecule has 6 atom stereocenters. The van der Waals surface area contributed by atoms with Crippen LogP contribution in [0.4, 0.5) is 0 Å². The van der Waals surface area contributed by atoms with Crippen LogP contribution in [0.1, 0.15) is 59.8 Å². The highest BCUT2D eigenvalue weighted by molar-refractivity contribution is 5.12. The summed E-state index contributed by atoms with van der Waals surface area (Å²) in [5, 5.41) is 3.37. The predicted molar refractivity (Wildman–Crippen MR) is 85.4 cm³/mol. The van der Waals surface area contributed by atoms with Crippen molar-refractivity contribution in [2.75, 3.05) is 13.7 Å². The quantitative estimate of drug-likeness (QED) is 0.815. The molecule has 1 N–H and O–H groups in total. The van der Waals surface area contributed by atoms with Crippen molar-refractivity contribution in [3.63, 3.8) is 0 Å². The van der Waals surface area contributed by atoms with Crippen molar-refractivity contribution in [2.45, 2.75) is 84.2 Å². The van der Waals surface area contributed by atoms with Crippen LogP contribution in [-0.4, -0.2) is 38.0 Å². The molecule has 0 saturated heterocycles. The molecule has 0 heterocycles. The van der Waals surface area contributed by atoms with E-state index in [0.29, 0.717) is 29.1 Å². The average molecular weight is 295 g/mol. The molecule has 0 aromatic heterocycles. The highest BCUT2D eigenvalue weighted by Gasteiger charge is 2.63. The largest absolute Gasteiger partial charge is 0.374 e. The normalized spacial score (nSPS) is 47.6. The Morgan fingerprint density at radius 3 is 2.48 bits per heavy atom. The standard InChI is InChI=1S/C18H33NO2/c1-6-9-20-16-13(19-5)11-14(16)21-15-10-12-7-8-18(15,4)17(12,2)3/h12-16,19H,6-11H2,1-5H3. The van der Waals surface area contributed by atoms with Crippen LogP contribution in [0.2, 0.25) is 0 Å². The molecule has 3 aliphatic rings. The summed E-state index contributed by atoms with van der Waals surface area (Å²) in [6, 6.07) is 0.473. The maximum Gasteiger partial charge on any atom is 0.0990 e. The van der Waals surface area contributed by atoms with Crippen LogP contribution in [0.15, 0.2) is 0 Å². The van der Waals surface area contributed by atoms with Gasteiger partial charge in [-0.3, -0.25) is 0 Å². The Bertz CT molecular complexity index is 383. The summed E-state index contributed by atoms with van der Waals surface area (Å²) in [5.41, 5.74) is 0.793. The smallest absolute Gasteiger partial charge is 0.0990 e. The van der Waals surface area contributed by atoms with Gasteiger partial charge in [-0.1, -0.05) is 27.7 Å². The van der Waals surface area contributed by atoms with Crippen molar-refractivity contribution in [2.24, 2.45) is 16.7 Å². The summed E-state index contributed by atoms with van der Waals surface area (Å²) >= 11 is 0. The Morgan fingerprint density at radius 2 is 1.95 bits per heavy atom. The summed E-state index contributed by atoms with van der Waals surface area (Å²) in [7, 11) is 2.03. The van der Waals surface area contributed by atoms with Crippen LogP contribution < -0.4 is 5.32 Å². The minimum absolute atomic E-state index is 0.251. The third-order valence-electron chi connectivity index (χ3n) is 7.19. The van der Waals surface area contributed by atoms with Crippen molar-refractivity contribution in [1.29, 1.82) is 0 Å². The molecule has 3 saturated carbocycles. The van der Waals surface area contributed by atoms with E-state index >= 15 is 0 Å². The number of ether oxygens (including phenoxy) is 2. The Morgan fingerprint density at radius 1 is 1.19 bits per heavy atom. The summed E-state index contributed by atoms with van der Waals surface area (Å²) < 4.78 is 12.6. The molecule has 6 unspecified atom stereocenters. The van der Waals surface area contributed by atoms with Crippen LogP contribution in [0.3, 0.4) is 0 Å². The van der Waals surface area contributed by atoms with Crippen molar-refractivity contribution < 1.29 is 9.47 Å². The van der Waals surface area contributed by atoms with Crippen molar-refractivity contribution in [1.82, 2.24) is 5.32 Å². The van der Waals surface area contributed by atoms with Gasteiger partial charge in [0.05, 0.1) is 18.3 Å². The lowest BCUT2D eigenvalue weighted by molar-refractivity contribution is -0.189. The zero-order valence-electron chi connectivity index (χ0n) is 14.4. The molecule has 21 heavy (non-hydrogen) atoms. The van der Waals surface area contributed by atoms with E-state index in [1.165, 1.54) is 19.3 Å². The van der Waals surface area contributed by atoms with E-state index in [1.807, 2.05) is 7.05 Å². The van der Waals surface area contributed by atoms with Crippen molar-refractivity contribution in [3.05, 3.63) is 0 Å². The van der Waals surface area contributed by atoms with Crippen LogP contribution in [0.25, 0.3) is 0 Å². The fourth-order valence-corrected chi connectivity index (χ4v) is 5.02. The lowest BCUT2D eigenvalue weighted by Gasteiger charge is -2.48. The first-order valence-electron chi connectivity index (χ1n) is 8.88. The van der Waals surface area contributed by atoms with Gasteiger partial charge in [0.1, 0.15) is 0 Å². The second-order valence-corrected chi connectivity index (χ2v) is 8.24. The third-order valence-corrected chi connectivity index (χ3v) is 7.19. The minimum Gasteiger partial charge on any atom is -0.374 e. The number of hydrogen-bond acceptors (Lipinski definition) is 3. The molecule has 0 aromatic carbocycles. The lowest BCUT2D eigenvalue weighted by Crippen LogP contribution is -2.60. The molecule has 3 rings (SSSR count). The van der Waals surface area contributed by atoms with E-state index in [0.717, 1.165) is 25.4 Å². The molecule has 0 radical (unpaired) electrons. The summed E-state index contributed by atoms with van der Waals surface area (Å²) in [5.74, 6) is 0.850. The zero-order chi connectivity index (χ0) is 15.3. The van der Waals surface area contributed by atoms with Gasteiger partial charge in [-0.05, 0) is 55.9 Å². The highest BCUT2D eigenvalue weighted by atomic mass is 16.6. The van der Waals surface area contributed by atoms with Gasteiger partial charge in [0.2, 0.25) is 0 Å². The number of hydrogen-bond donors (Lipinski definition) is 1. The molecule has 3 aliphatic carbocycles. The van der Waals surface area contributed by atoms with Crippen LogP contribution >= 0.6 is 0 Å². The fourth-order valence-electron chi connectivity index (χ4n) is 5.02. The Labute approximate surface area is 130 Å². The van der Waals surface area contributed by atoms with Crippen LogP contribution in [0.5, 0.6) is 0 Å². The second kappa shape index (κ2) is 5.50. The Balaban J connectivity index is 1.63. The van der Waals surface area contributed by atoms with Crippen LogP contribution in [0, 0.1) is 16.7 Å². The fraction of sp³-hybridized carbons (Fsp3) is 1.00. The van der Waals surface area contributed by atoms with E-state index in [9.17, 15) is 0 Å². The molecule has 2 bridgehead atoms. The highest BCUT2D eigenvalue weighted by Crippen LogP contribution is 2.66. The molecule has 0 aromatic rings. The van der Waals surface area contributed by atoms with Crippen LogP contribution in [-0.2, 0) is 9.47 Å². The molecule has 3 nitrogen and oxygen atoms in total. The van der Waals surface area contributed by atoms with Gasteiger partial charge < -0.3 is 14.8 Å². The van der Waals surface area contributed by atoms with Gasteiger partial charge in [0.15, 0.2) is 0 Å². The van der Waals surface area contributed by atoms with Gasteiger partial charge in [0, 0.05) is 12.6 Å². The first-order valence-corrected chi connectivity index (χ1v) is 8.88. The molecule has 0 aliphatic heterocycles. The first kappa shape index (κ1) is 15.8. The maximum atomic E-state index is 6.60. The maximum absolute atomic E-state index is 6.60.